The number of amides is 1. The Morgan fingerprint density at radius 1 is 0.941 bits per heavy atom. The number of furan rings is 1. The highest BCUT2D eigenvalue weighted by Gasteiger charge is 2.16. The standard InChI is InChI=1S/C25H21ClN2O5S/c1-17-6-2-4-8-22(17)28-34(30,31)20-13-10-18(11-14-20)27-25(29)24-15-12-19(33-24)16-32-23-9-5-3-7-21(23)26/h2-15,28H,16H2,1H3,(H,27,29). The van der Waals surface area contributed by atoms with E-state index in [0.29, 0.717) is 27.9 Å². The number of anilines is 2. The molecule has 7 nitrogen and oxygen atoms in total. The van der Waals surface area contributed by atoms with Crippen molar-refractivity contribution >= 4 is 38.9 Å². The van der Waals surface area contributed by atoms with Gasteiger partial charge in [0, 0.05) is 5.69 Å². The molecule has 1 amide bonds. The van der Waals surface area contributed by atoms with Crippen LogP contribution in [0.4, 0.5) is 11.4 Å². The molecule has 0 bridgehead atoms. The number of nitrogens with one attached hydrogen (secondary N) is 2. The monoisotopic (exact) mass is 496 g/mol. The lowest BCUT2D eigenvalue weighted by Crippen LogP contribution is -2.14. The Morgan fingerprint density at radius 3 is 2.38 bits per heavy atom. The average molecular weight is 497 g/mol. The fraction of sp³-hybridized carbons (Fsp3) is 0.0800. The first kappa shape index (κ1) is 23.4. The molecule has 1 heterocycles. The first-order chi connectivity index (χ1) is 16.3. The molecule has 0 radical (unpaired) electrons. The van der Waals surface area contributed by atoms with Gasteiger partial charge in [0.25, 0.3) is 15.9 Å². The summed E-state index contributed by atoms with van der Waals surface area (Å²) in [6, 6.07) is 23.2. The molecule has 0 saturated heterocycles. The summed E-state index contributed by atoms with van der Waals surface area (Å²) in [5, 5.41) is 3.16. The molecule has 174 valence electrons. The fourth-order valence-corrected chi connectivity index (χ4v) is 4.41. The van der Waals surface area contributed by atoms with Gasteiger partial charge in [0.05, 0.1) is 15.6 Å². The molecule has 3 aromatic carbocycles. The molecular weight excluding hydrogens is 476 g/mol. The number of rotatable bonds is 8. The lowest BCUT2D eigenvalue weighted by atomic mass is 10.2. The maximum atomic E-state index is 12.7. The molecule has 0 spiro atoms. The minimum absolute atomic E-state index is 0.0748. The number of para-hydroxylation sites is 2. The largest absolute Gasteiger partial charge is 0.484 e. The normalized spacial score (nSPS) is 11.1. The molecule has 34 heavy (non-hydrogen) atoms. The quantitative estimate of drug-likeness (QED) is 0.318. The van der Waals surface area contributed by atoms with Gasteiger partial charge in [0.1, 0.15) is 18.1 Å². The summed E-state index contributed by atoms with van der Waals surface area (Å²) >= 11 is 6.06. The van der Waals surface area contributed by atoms with Crippen LogP contribution >= 0.6 is 11.6 Å². The average Bonchev–Trinajstić information content (AvgIpc) is 3.30. The van der Waals surface area contributed by atoms with E-state index in [4.69, 9.17) is 20.8 Å². The number of hydrogen-bond acceptors (Lipinski definition) is 5. The molecule has 0 aliphatic carbocycles. The van der Waals surface area contributed by atoms with Gasteiger partial charge in [-0.15, -0.1) is 0 Å². The molecule has 1 aromatic heterocycles. The Labute approximate surface area is 202 Å². The Balaban J connectivity index is 1.37. The van der Waals surface area contributed by atoms with E-state index in [1.807, 2.05) is 19.1 Å². The summed E-state index contributed by atoms with van der Waals surface area (Å²) in [6.07, 6.45) is 0. The van der Waals surface area contributed by atoms with Crippen LogP contribution in [0.2, 0.25) is 5.02 Å². The summed E-state index contributed by atoms with van der Waals surface area (Å²) in [4.78, 5) is 12.6. The van der Waals surface area contributed by atoms with Crippen molar-refractivity contribution in [1.82, 2.24) is 0 Å². The van der Waals surface area contributed by atoms with Gasteiger partial charge in [-0.3, -0.25) is 9.52 Å². The van der Waals surface area contributed by atoms with Gasteiger partial charge < -0.3 is 14.5 Å². The number of carbonyl (C=O) groups is 1. The Bertz CT molecular complexity index is 1420. The fourth-order valence-electron chi connectivity index (χ4n) is 3.09. The van der Waals surface area contributed by atoms with E-state index >= 15 is 0 Å². The lowest BCUT2D eigenvalue weighted by molar-refractivity contribution is 0.0992. The SMILES string of the molecule is Cc1ccccc1NS(=O)(=O)c1ccc(NC(=O)c2ccc(COc3ccccc3Cl)o2)cc1. The van der Waals surface area contributed by atoms with Gasteiger partial charge >= 0.3 is 0 Å². The highest BCUT2D eigenvalue weighted by atomic mass is 35.5. The predicted molar refractivity (Wildman–Crippen MR) is 131 cm³/mol. The third kappa shape index (κ3) is 5.59. The van der Waals surface area contributed by atoms with Crippen LogP contribution in [-0.2, 0) is 16.6 Å². The highest BCUT2D eigenvalue weighted by molar-refractivity contribution is 7.92. The number of carbonyl (C=O) groups excluding carboxylic acids is 1. The topological polar surface area (TPSA) is 97.6 Å². The molecule has 4 rings (SSSR count). The van der Waals surface area contributed by atoms with Crippen LogP contribution in [0.5, 0.6) is 5.75 Å². The molecule has 0 aliphatic heterocycles. The third-order valence-electron chi connectivity index (χ3n) is 4.90. The summed E-state index contributed by atoms with van der Waals surface area (Å²) in [6.45, 7) is 1.93. The zero-order valence-electron chi connectivity index (χ0n) is 18.1. The molecule has 0 fully saturated rings. The van der Waals surface area contributed by atoms with E-state index in [1.54, 1.807) is 42.5 Å². The van der Waals surface area contributed by atoms with Crippen LogP contribution in [-0.4, -0.2) is 14.3 Å². The van der Waals surface area contributed by atoms with Crippen molar-refractivity contribution in [3.63, 3.8) is 0 Å². The maximum absolute atomic E-state index is 12.7. The third-order valence-corrected chi connectivity index (χ3v) is 6.60. The van der Waals surface area contributed by atoms with E-state index < -0.39 is 15.9 Å². The Hall–Kier alpha value is -3.75. The van der Waals surface area contributed by atoms with Crippen molar-refractivity contribution in [2.24, 2.45) is 0 Å². The van der Waals surface area contributed by atoms with Crippen molar-refractivity contribution in [3.05, 3.63) is 107 Å². The van der Waals surface area contributed by atoms with Gasteiger partial charge in [-0.25, -0.2) is 8.42 Å². The molecule has 0 atom stereocenters. The number of ether oxygens (including phenoxy) is 1. The van der Waals surface area contributed by atoms with Gasteiger partial charge in [0.2, 0.25) is 0 Å². The predicted octanol–water partition coefficient (Wildman–Crippen LogP) is 5.87. The number of halogens is 1. The number of aryl methyl sites for hydroxylation is 1. The van der Waals surface area contributed by atoms with Crippen molar-refractivity contribution in [2.45, 2.75) is 18.4 Å². The van der Waals surface area contributed by atoms with Crippen LogP contribution in [0.15, 0.2) is 94.2 Å². The lowest BCUT2D eigenvalue weighted by Gasteiger charge is -2.11. The summed E-state index contributed by atoms with van der Waals surface area (Å²) in [5.74, 6) is 0.584. The zero-order chi connectivity index (χ0) is 24.1. The molecule has 2 N–H and O–H groups in total. The van der Waals surface area contributed by atoms with Crippen LogP contribution in [0.3, 0.4) is 0 Å². The van der Waals surface area contributed by atoms with Crippen molar-refractivity contribution < 1.29 is 22.4 Å². The van der Waals surface area contributed by atoms with Crippen molar-refractivity contribution in [1.29, 1.82) is 0 Å². The first-order valence-corrected chi connectivity index (χ1v) is 12.1. The van der Waals surface area contributed by atoms with Crippen LogP contribution in [0, 0.1) is 6.92 Å². The van der Waals surface area contributed by atoms with Gasteiger partial charge in [-0.05, 0) is 67.1 Å². The molecule has 0 unspecified atom stereocenters. The van der Waals surface area contributed by atoms with E-state index in [9.17, 15) is 13.2 Å². The molecular formula is C25H21ClN2O5S. The van der Waals surface area contributed by atoms with Gasteiger partial charge in [0.15, 0.2) is 5.76 Å². The van der Waals surface area contributed by atoms with Crippen LogP contribution in [0.25, 0.3) is 0 Å². The second-order valence-corrected chi connectivity index (χ2v) is 9.47. The summed E-state index contributed by atoms with van der Waals surface area (Å²) in [7, 11) is -3.77. The maximum Gasteiger partial charge on any atom is 0.291 e. The van der Waals surface area contributed by atoms with Crippen LogP contribution in [0.1, 0.15) is 21.9 Å². The van der Waals surface area contributed by atoms with E-state index in [2.05, 4.69) is 10.0 Å². The number of hydrogen-bond donors (Lipinski definition) is 2. The minimum Gasteiger partial charge on any atom is -0.484 e. The Morgan fingerprint density at radius 2 is 1.65 bits per heavy atom. The van der Waals surface area contributed by atoms with Gasteiger partial charge in [-0.1, -0.05) is 41.9 Å². The summed E-state index contributed by atoms with van der Waals surface area (Å²) in [5.41, 5.74) is 1.74. The molecule has 0 saturated carbocycles. The summed E-state index contributed by atoms with van der Waals surface area (Å²) < 4.78 is 39.1. The highest BCUT2D eigenvalue weighted by Crippen LogP contribution is 2.25. The minimum atomic E-state index is -3.77. The first-order valence-electron chi connectivity index (χ1n) is 10.3. The van der Waals surface area contributed by atoms with Gasteiger partial charge in [-0.2, -0.15) is 0 Å². The number of benzene rings is 3. The smallest absolute Gasteiger partial charge is 0.291 e. The molecule has 4 aromatic rings. The molecule has 0 aliphatic rings. The van der Waals surface area contributed by atoms with Crippen molar-refractivity contribution in [3.8, 4) is 5.75 Å². The van der Waals surface area contributed by atoms with E-state index in [0.717, 1.165) is 5.56 Å². The Kier molecular flexibility index (Phi) is 6.90. The molecule has 9 heteroatoms. The van der Waals surface area contributed by atoms with E-state index in [-0.39, 0.29) is 17.3 Å². The van der Waals surface area contributed by atoms with Crippen molar-refractivity contribution in [2.75, 3.05) is 10.0 Å². The second-order valence-electron chi connectivity index (χ2n) is 7.38. The van der Waals surface area contributed by atoms with Crippen LogP contribution < -0.4 is 14.8 Å². The number of sulfonamides is 1. The van der Waals surface area contributed by atoms with E-state index in [1.165, 1.54) is 30.3 Å². The second kappa shape index (κ2) is 10.0. The zero-order valence-corrected chi connectivity index (χ0v) is 19.7.